The molecule has 0 radical (unpaired) electrons. The second-order valence-electron chi connectivity index (χ2n) is 5.98. The number of rotatable bonds is 5. The van der Waals surface area contributed by atoms with Crippen molar-refractivity contribution in [1.82, 2.24) is 15.6 Å². The number of thiazole rings is 1. The molecule has 0 amide bonds. The highest BCUT2D eigenvalue weighted by Gasteiger charge is 2.13. The monoisotopic (exact) mass is 508 g/mol. The van der Waals surface area contributed by atoms with E-state index in [2.05, 4.69) is 38.1 Å². The molecule has 28 heavy (non-hydrogen) atoms. The Balaban J connectivity index is 0.00000225. The van der Waals surface area contributed by atoms with Crippen molar-refractivity contribution < 1.29 is 9.47 Å². The zero-order valence-corrected chi connectivity index (χ0v) is 18.5. The zero-order chi connectivity index (χ0) is 18.5. The van der Waals surface area contributed by atoms with Gasteiger partial charge in [-0.1, -0.05) is 36.4 Å². The van der Waals surface area contributed by atoms with Gasteiger partial charge in [-0.2, -0.15) is 0 Å². The molecule has 3 aromatic rings. The number of hydrogen-bond acceptors (Lipinski definition) is 5. The molecule has 8 heteroatoms. The van der Waals surface area contributed by atoms with Crippen LogP contribution in [-0.2, 0) is 13.1 Å². The Morgan fingerprint density at radius 2 is 1.86 bits per heavy atom. The van der Waals surface area contributed by atoms with E-state index in [4.69, 9.17) is 9.47 Å². The van der Waals surface area contributed by atoms with Gasteiger partial charge >= 0.3 is 0 Å². The maximum absolute atomic E-state index is 5.41. The van der Waals surface area contributed by atoms with Crippen LogP contribution in [-0.4, -0.2) is 24.8 Å². The molecule has 6 nitrogen and oxygen atoms in total. The third-order valence-electron chi connectivity index (χ3n) is 4.13. The highest BCUT2D eigenvalue weighted by molar-refractivity contribution is 14.0. The fraction of sp³-hybridized carbons (Fsp3) is 0.200. The number of hydrogen-bond donors (Lipinski definition) is 2. The number of aromatic nitrogens is 1. The van der Waals surface area contributed by atoms with E-state index in [0.29, 0.717) is 13.1 Å². The minimum atomic E-state index is 0. The number of halogens is 1. The lowest BCUT2D eigenvalue weighted by atomic mass is 10.2. The van der Waals surface area contributed by atoms with Crippen molar-refractivity contribution in [2.45, 2.75) is 13.1 Å². The molecule has 0 spiro atoms. The SMILES string of the molecule is CN=C(NCc1ccc2c(c1)OCO2)NCc1csc(-c2ccccc2)n1.I. The Morgan fingerprint density at radius 1 is 1.07 bits per heavy atom. The Morgan fingerprint density at radius 3 is 2.68 bits per heavy atom. The normalized spacial score (nSPS) is 12.4. The fourth-order valence-corrected chi connectivity index (χ4v) is 3.56. The van der Waals surface area contributed by atoms with Gasteiger partial charge in [-0.15, -0.1) is 35.3 Å². The number of nitrogens with one attached hydrogen (secondary N) is 2. The molecule has 4 rings (SSSR count). The quantitative estimate of drug-likeness (QED) is 0.310. The fourth-order valence-electron chi connectivity index (χ4n) is 2.73. The minimum Gasteiger partial charge on any atom is -0.454 e. The average Bonchev–Trinajstić information content (AvgIpc) is 3.38. The highest BCUT2D eigenvalue weighted by atomic mass is 127. The van der Waals surface area contributed by atoms with E-state index in [1.54, 1.807) is 18.4 Å². The lowest BCUT2D eigenvalue weighted by molar-refractivity contribution is 0.174. The first-order valence-electron chi connectivity index (χ1n) is 8.65. The van der Waals surface area contributed by atoms with Gasteiger partial charge in [-0.3, -0.25) is 4.99 Å². The van der Waals surface area contributed by atoms with Crippen LogP contribution >= 0.6 is 35.3 Å². The first-order chi connectivity index (χ1) is 13.3. The summed E-state index contributed by atoms with van der Waals surface area (Å²) < 4.78 is 10.8. The van der Waals surface area contributed by atoms with E-state index in [1.807, 2.05) is 36.4 Å². The van der Waals surface area contributed by atoms with Gasteiger partial charge in [0, 0.05) is 24.5 Å². The standard InChI is InChI=1S/C20H20N4O2S.HI/c1-21-20(22-10-14-7-8-17-18(9-14)26-13-25-17)23-11-16-12-27-19(24-16)15-5-3-2-4-6-15;/h2-9,12H,10-11,13H2,1H3,(H2,21,22,23);1H. The molecule has 2 aromatic carbocycles. The van der Waals surface area contributed by atoms with E-state index in [-0.39, 0.29) is 30.8 Å². The number of aliphatic imine (C=N–C) groups is 1. The number of guanidine groups is 1. The van der Waals surface area contributed by atoms with E-state index in [0.717, 1.165) is 39.3 Å². The molecule has 0 saturated carbocycles. The highest BCUT2D eigenvalue weighted by Crippen LogP contribution is 2.32. The minimum absolute atomic E-state index is 0. The first-order valence-corrected chi connectivity index (χ1v) is 9.52. The third-order valence-corrected chi connectivity index (χ3v) is 5.07. The van der Waals surface area contributed by atoms with Crippen LogP contribution in [0, 0.1) is 0 Å². The van der Waals surface area contributed by atoms with Crippen molar-refractivity contribution >= 4 is 41.3 Å². The van der Waals surface area contributed by atoms with E-state index >= 15 is 0 Å². The largest absolute Gasteiger partial charge is 0.454 e. The van der Waals surface area contributed by atoms with Crippen LogP contribution in [0.5, 0.6) is 11.5 Å². The van der Waals surface area contributed by atoms with Gasteiger partial charge in [0.2, 0.25) is 6.79 Å². The summed E-state index contributed by atoms with van der Waals surface area (Å²) in [6, 6.07) is 16.1. The van der Waals surface area contributed by atoms with Gasteiger partial charge in [0.15, 0.2) is 17.5 Å². The van der Waals surface area contributed by atoms with Crippen LogP contribution in [0.3, 0.4) is 0 Å². The molecule has 2 N–H and O–H groups in total. The van der Waals surface area contributed by atoms with Crippen molar-refractivity contribution in [3.63, 3.8) is 0 Å². The van der Waals surface area contributed by atoms with Crippen molar-refractivity contribution in [3.8, 4) is 22.1 Å². The summed E-state index contributed by atoms with van der Waals surface area (Å²) in [5, 5.41) is 9.70. The van der Waals surface area contributed by atoms with E-state index in [9.17, 15) is 0 Å². The molecule has 0 unspecified atom stereocenters. The second-order valence-corrected chi connectivity index (χ2v) is 6.84. The van der Waals surface area contributed by atoms with Crippen LogP contribution in [0.15, 0.2) is 58.9 Å². The van der Waals surface area contributed by atoms with E-state index in [1.165, 1.54) is 0 Å². The van der Waals surface area contributed by atoms with Gasteiger partial charge in [0.1, 0.15) is 5.01 Å². The van der Waals surface area contributed by atoms with Gasteiger partial charge in [-0.05, 0) is 17.7 Å². The molecule has 0 aliphatic carbocycles. The van der Waals surface area contributed by atoms with Crippen LogP contribution < -0.4 is 20.1 Å². The second kappa shape index (κ2) is 9.74. The van der Waals surface area contributed by atoms with E-state index < -0.39 is 0 Å². The molecular weight excluding hydrogens is 487 g/mol. The third kappa shape index (κ3) is 4.93. The van der Waals surface area contributed by atoms with Crippen LogP contribution in [0.25, 0.3) is 10.6 Å². The van der Waals surface area contributed by atoms with Gasteiger partial charge < -0.3 is 20.1 Å². The number of nitrogens with zero attached hydrogens (tertiary/aromatic N) is 2. The maximum Gasteiger partial charge on any atom is 0.231 e. The Hall–Kier alpha value is -2.33. The Bertz CT molecular complexity index is 946. The zero-order valence-electron chi connectivity index (χ0n) is 15.3. The van der Waals surface area contributed by atoms with Gasteiger partial charge in [0.05, 0.1) is 12.2 Å². The Kier molecular flexibility index (Phi) is 7.10. The molecule has 146 valence electrons. The molecule has 1 aromatic heterocycles. The summed E-state index contributed by atoms with van der Waals surface area (Å²) >= 11 is 1.65. The van der Waals surface area contributed by atoms with Crippen molar-refractivity contribution in [2.24, 2.45) is 4.99 Å². The molecule has 0 saturated heterocycles. The van der Waals surface area contributed by atoms with Crippen LogP contribution in [0.4, 0.5) is 0 Å². The summed E-state index contributed by atoms with van der Waals surface area (Å²) in [5.41, 5.74) is 3.23. The number of benzene rings is 2. The van der Waals surface area contributed by atoms with Crippen LogP contribution in [0.1, 0.15) is 11.3 Å². The van der Waals surface area contributed by atoms with Gasteiger partial charge in [0.25, 0.3) is 0 Å². The summed E-state index contributed by atoms with van der Waals surface area (Å²) in [7, 11) is 1.76. The Labute approximate surface area is 185 Å². The van der Waals surface area contributed by atoms with Crippen LogP contribution in [0.2, 0.25) is 0 Å². The molecular formula is C20H21IN4O2S. The van der Waals surface area contributed by atoms with Crippen molar-refractivity contribution in [2.75, 3.05) is 13.8 Å². The maximum atomic E-state index is 5.41. The summed E-state index contributed by atoms with van der Waals surface area (Å²) in [5.74, 6) is 2.30. The van der Waals surface area contributed by atoms with Crippen molar-refractivity contribution in [1.29, 1.82) is 0 Å². The summed E-state index contributed by atoms with van der Waals surface area (Å²) in [6.07, 6.45) is 0. The lowest BCUT2D eigenvalue weighted by Crippen LogP contribution is -2.36. The number of ether oxygens (including phenoxy) is 2. The predicted molar refractivity (Wildman–Crippen MR) is 123 cm³/mol. The molecule has 1 aliphatic rings. The smallest absolute Gasteiger partial charge is 0.231 e. The first kappa shape index (κ1) is 20.4. The predicted octanol–water partition coefficient (Wildman–Crippen LogP) is 4.02. The topological polar surface area (TPSA) is 67.8 Å². The lowest BCUT2D eigenvalue weighted by Gasteiger charge is -2.11. The molecule has 0 fully saturated rings. The molecule has 0 atom stereocenters. The molecule has 1 aliphatic heterocycles. The number of fused-ring (bicyclic) bond motifs is 1. The summed E-state index contributed by atoms with van der Waals surface area (Å²) in [6.45, 7) is 1.54. The van der Waals surface area contributed by atoms with Crippen molar-refractivity contribution in [3.05, 3.63) is 65.2 Å². The molecule has 0 bridgehead atoms. The summed E-state index contributed by atoms with van der Waals surface area (Å²) in [4.78, 5) is 8.96. The van der Waals surface area contributed by atoms with Gasteiger partial charge in [-0.25, -0.2) is 4.98 Å². The average molecular weight is 508 g/mol. The molecule has 2 heterocycles.